The van der Waals surface area contributed by atoms with Gasteiger partial charge < -0.3 is 13.6 Å². The van der Waals surface area contributed by atoms with Gasteiger partial charge in [-0.3, -0.25) is 0 Å². The number of aryl methyl sites for hydroxylation is 2. The molecule has 4 nitrogen and oxygen atoms in total. The van der Waals surface area contributed by atoms with E-state index >= 15 is 0 Å². The van der Waals surface area contributed by atoms with Crippen LogP contribution >= 0.6 is 0 Å². The fourth-order valence-electron chi connectivity index (χ4n) is 7.05. The van der Waals surface area contributed by atoms with Crippen LogP contribution in [0.25, 0.3) is 55.6 Å². The van der Waals surface area contributed by atoms with Crippen molar-refractivity contribution in [2.24, 2.45) is 0 Å². The number of nitriles is 1. The number of hydrogen-bond acceptors (Lipinski definition) is 2. The van der Waals surface area contributed by atoms with Crippen LogP contribution in [0.5, 0.6) is 0 Å². The molecule has 3 heterocycles. The molecular weight excluding hydrogens is 843 g/mol. The van der Waals surface area contributed by atoms with Gasteiger partial charge in [0.2, 0.25) is 0 Å². The minimum absolute atomic E-state index is 0. The van der Waals surface area contributed by atoms with Gasteiger partial charge in [-0.1, -0.05) is 122 Å². The smallest absolute Gasteiger partial charge is 0.133 e. The van der Waals surface area contributed by atoms with Crippen molar-refractivity contribution in [2.75, 3.05) is 0 Å². The molecule has 0 N–H and O–H groups in total. The third kappa shape index (κ3) is 7.66. The fourth-order valence-corrected chi connectivity index (χ4v) is 8.18. The second kappa shape index (κ2) is 15.4. The molecule has 0 atom stereocenters. The van der Waals surface area contributed by atoms with Gasteiger partial charge in [-0.05, 0) is 48.1 Å². The van der Waals surface area contributed by atoms with Gasteiger partial charge >= 0.3 is 0 Å². The molecule has 4 aromatic carbocycles. The average Bonchev–Trinajstić information content (AvgIpc) is 3.49. The molecule has 271 valence electrons. The van der Waals surface area contributed by atoms with Crippen molar-refractivity contribution in [1.29, 1.82) is 5.26 Å². The van der Waals surface area contributed by atoms with Gasteiger partial charge in [0.05, 0.1) is 43.5 Å². The minimum atomic E-state index is -1.34. The molecule has 0 bridgehead atoms. The molecule has 7 aromatic rings. The van der Waals surface area contributed by atoms with E-state index in [0.717, 1.165) is 66.7 Å². The van der Waals surface area contributed by atoms with Crippen LogP contribution in [-0.4, -0.2) is 8.07 Å². The van der Waals surface area contributed by atoms with E-state index in [0.29, 0.717) is 11.5 Å². The fraction of sp³-hybridized carbons (Fsp3) is 0.170. The molecule has 0 saturated carbocycles. The number of rotatable bonds is 5. The van der Waals surface area contributed by atoms with Gasteiger partial charge in [-0.25, -0.2) is 0 Å². The van der Waals surface area contributed by atoms with E-state index < -0.39 is 8.07 Å². The summed E-state index contributed by atoms with van der Waals surface area (Å²) in [5.74, 6) is 0.417. The average molecular weight is 890 g/mol. The van der Waals surface area contributed by atoms with E-state index in [2.05, 4.69) is 160 Å². The van der Waals surface area contributed by atoms with Crippen LogP contribution in [0.15, 0.2) is 108 Å². The Kier molecular flexibility index (Phi) is 11.4. The molecule has 0 aliphatic rings. The van der Waals surface area contributed by atoms with E-state index in [-0.39, 0.29) is 20.1 Å². The molecule has 3 aromatic heterocycles. The molecule has 6 heteroatoms. The van der Waals surface area contributed by atoms with E-state index in [1.807, 2.05) is 33.4 Å². The summed E-state index contributed by atoms with van der Waals surface area (Å²) < 4.78 is 10.4. The molecular formula is C47H47IrN3OSi-2. The van der Waals surface area contributed by atoms with Gasteiger partial charge in [0.25, 0.3) is 0 Å². The van der Waals surface area contributed by atoms with Gasteiger partial charge in [0, 0.05) is 45.0 Å². The molecule has 0 unspecified atom stereocenters. The molecule has 0 aliphatic heterocycles. The summed E-state index contributed by atoms with van der Waals surface area (Å²) in [7, 11) is 7.07. The summed E-state index contributed by atoms with van der Waals surface area (Å²) in [5, 5.41) is 12.6. The maximum Gasteiger partial charge on any atom is 0.133 e. The summed E-state index contributed by atoms with van der Waals surface area (Å²) in [6, 6.07) is 33.2. The molecule has 53 heavy (non-hydrogen) atoms. The first-order valence-corrected chi connectivity index (χ1v) is 21.2. The molecule has 0 saturated heterocycles. The van der Waals surface area contributed by atoms with Crippen molar-refractivity contribution in [3.05, 3.63) is 165 Å². The Balaban J connectivity index is 0.000000223. The summed E-state index contributed by atoms with van der Waals surface area (Å²) in [6.45, 7) is 24.2. The normalized spacial score (nSPS) is 11.2. The summed E-state index contributed by atoms with van der Waals surface area (Å²) in [4.78, 5) is 0. The number of hydrogen-bond donors (Lipinski definition) is 0. The number of pyridine rings is 2. The Hall–Kier alpha value is -5.18. The number of furan rings is 1. The Morgan fingerprint density at radius 3 is 2.04 bits per heavy atom. The van der Waals surface area contributed by atoms with Crippen LogP contribution in [0.3, 0.4) is 0 Å². The Bertz CT molecular complexity index is 2500. The SMILES string of the molecule is [CH2-]c1cc(-c2ccccc2)c2c(oc3cccc(C)c32)c1-c1cc(C(C)C)c(C)c[n+]1[CH2-].[CH2-]c1cc(C#N)ccc1-c1ccc([Si](C)(C)C)c[n+]1[CH2-].[Ir]. The van der Waals surface area contributed by atoms with Crippen LogP contribution in [0.2, 0.25) is 19.6 Å². The molecule has 0 fully saturated rings. The van der Waals surface area contributed by atoms with Crippen molar-refractivity contribution in [1.82, 2.24) is 0 Å². The zero-order chi connectivity index (χ0) is 37.5. The van der Waals surface area contributed by atoms with Crippen LogP contribution in [0.4, 0.5) is 0 Å². The molecule has 0 spiro atoms. The quantitative estimate of drug-likeness (QED) is 0.0982. The monoisotopic (exact) mass is 890 g/mol. The third-order valence-electron chi connectivity index (χ3n) is 9.83. The minimum Gasteiger partial charge on any atom is -0.469 e. The van der Waals surface area contributed by atoms with E-state index in [1.165, 1.54) is 21.9 Å². The number of nitrogens with zero attached hydrogens (tertiary/aromatic N) is 3. The number of fused-ring (bicyclic) bond motifs is 3. The van der Waals surface area contributed by atoms with Gasteiger partial charge in [-0.15, -0.1) is 17.7 Å². The zero-order valence-electron chi connectivity index (χ0n) is 31.8. The van der Waals surface area contributed by atoms with Gasteiger partial charge in [0.1, 0.15) is 5.58 Å². The number of aromatic nitrogens is 2. The standard InChI is InChI=1S/C30H28NO.C17H19N2Si.Ir/c1-18(2)23-16-25(31(6)17-21(23)5)27-20(4)15-24(22-12-8-7-9-13-22)29-28-19(3)11-10-14-26(28)32-30(27)29;1-13-10-14(11-18)6-8-16(13)17-9-7-15(12-19(17)2)20(3,4)5;/h7-18H,4,6H2,1-3,5H3;6-10,12H,1-2H2,3-5H3;/q2*-1;. The third-order valence-corrected chi connectivity index (χ3v) is 11.9. The second-order valence-electron chi connectivity index (χ2n) is 15.0. The van der Waals surface area contributed by atoms with Crippen molar-refractivity contribution in [3.8, 4) is 39.7 Å². The number of benzene rings is 4. The van der Waals surface area contributed by atoms with Crippen molar-refractivity contribution in [3.63, 3.8) is 0 Å². The van der Waals surface area contributed by atoms with Crippen molar-refractivity contribution >= 4 is 35.2 Å². The van der Waals surface area contributed by atoms with E-state index in [1.54, 1.807) is 0 Å². The Labute approximate surface area is 330 Å². The molecule has 7 rings (SSSR count). The van der Waals surface area contributed by atoms with Crippen LogP contribution in [0, 0.1) is 53.1 Å². The summed E-state index contributed by atoms with van der Waals surface area (Å²) in [6.07, 6.45) is 4.22. The maximum absolute atomic E-state index is 8.91. The topological polar surface area (TPSA) is 44.7 Å². The van der Waals surface area contributed by atoms with Crippen molar-refractivity contribution in [2.45, 2.75) is 53.3 Å². The molecule has 1 radical (unpaired) electrons. The zero-order valence-corrected chi connectivity index (χ0v) is 35.2. The first kappa shape index (κ1) is 39.0. The maximum atomic E-state index is 8.91. The summed E-state index contributed by atoms with van der Waals surface area (Å²) >= 11 is 0. The molecule has 0 aliphatic carbocycles. The van der Waals surface area contributed by atoms with E-state index in [4.69, 9.17) is 9.68 Å². The van der Waals surface area contributed by atoms with Crippen molar-refractivity contribution < 1.29 is 33.7 Å². The second-order valence-corrected chi connectivity index (χ2v) is 20.1. The van der Waals surface area contributed by atoms with Crippen LogP contribution in [0.1, 0.15) is 53.1 Å². The Morgan fingerprint density at radius 1 is 0.717 bits per heavy atom. The largest absolute Gasteiger partial charge is 0.469 e. The predicted molar refractivity (Wildman–Crippen MR) is 219 cm³/mol. The predicted octanol–water partition coefficient (Wildman–Crippen LogP) is 10.6. The first-order chi connectivity index (χ1) is 24.7. The molecule has 0 amide bonds. The first-order valence-electron chi connectivity index (χ1n) is 17.7. The summed E-state index contributed by atoms with van der Waals surface area (Å²) in [5.41, 5.74) is 14.3. The van der Waals surface area contributed by atoms with Crippen LogP contribution < -0.4 is 14.3 Å². The van der Waals surface area contributed by atoms with Crippen LogP contribution in [-0.2, 0) is 20.1 Å². The Morgan fingerprint density at radius 2 is 1.42 bits per heavy atom. The van der Waals surface area contributed by atoms with Gasteiger partial charge in [-0.2, -0.15) is 36.3 Å². The van der Waals surface area contributed by atoms with E-state index in [9.17, 15) is 0 Å². The van der Waals surface area contributed by atoms with Gasteiger partial charge in [0.15, 0.2) is 0 Å².